The molecule has 0 spiro atoms. The summed E-state index contributed by atoms with van der Waals surface area (Å²) in [5.74, 6) is 0.536. The second-order valence-electron chi connectivity index (χ2n) is 6.02. The molecule has 5 heteroatoms. The summed E-state index contributed by atoms with van der Waals surface area (Å²) < 4.78 is 0. The minimum Gasteiger partial charge on any atom is -0.409 e. The number of carbonyl (C=O) groups is 1. The van der Waals surface area contributed by atoms with Crippen molar-refractivity contribution >= 4 is 11.7 Å². The zero-order valence-corrected chi connectivity index (χ0v) is 10.5. The van der Waals surface area contributed by atoms with E-state index >= 15 is 0 Å². The van der Waals surface area contributed by atoms with Gasteiger partial charge in [-0.25, -0.2) is 0 Å². The average Bonchev–Trinajstić information content (AvgIpc) is 2.81. The summed E-state index contributed by atoms with van der Waals surface area (Å²) in [6.45, 7) is 5.10. The van der Waals surface area contributed by atoms with E-state index in [0.29, 0.717) is 30.7 Å². The van der Waals surface area contributed by atoms with Gasteiger partial charge in [-0.15, -0.1) is 0 Å². The van der Waals surface area contributed by atoms with E-state index in [0.717, 1.165) is 12.8 Å². The predicted octanol–water partition coefficient (Wildman–Crippen LogP) is 1.07. The molecule has 0 aromatic heterocycles. The van der Waals surface area contributed by atoms with Crippen molar-refractivity contribution in [3.8, 4) is 0 Å². The van der Waals surface area contributed by atoms with Crippen molar-refractivity contribution in [3.63, 3.8) is 0 Å². The molecule has 4 N–H and O–H groups in total. The fraction of sp³-hybridized carbons (Fsp3) is 0.833. The van der Waals surface area contributed by atoms with Gasteiger partial charge in [-0.2, -0.15) is 0 Å². The van der Waals surface area contributed by atoms with Crippen LogP contribution >= 0.6 is 0 Å². The zero-order chi connectivity index (χ0) is 12.7. The largest absolute Gasteiger partial charge is 0.409 e. The highest BCUT2D eigenvalue weighted by atomic mass is 16.4. The molecule has 17 heavy (non-hydrogen) atoms. The standard InChI is InChI=1S/C12H21N3O2/c1-11(2)6-8(11)7-14-10(16)12(4-3-5-12)9(13)15-17/h8,17H,3-7H2,1-2H3,(H2,13,15)(H,14,16). The molecule has 2 rings (SSSR count). The lowest BCUT2D eigenvalue weighted by Crippen LogP contribution is -2.54. The van der Waals surface area contributed by atoms with Gasteiger partial charge in [0, 0.05) is 6.54 Å². The summed E-state index contributed by atoms with van der Waals surface area (Å²) in [4.78, 5) is 12.1. The molecule has 1 amide bonds. The first-order chi connectivity index (χ1) is 7.92. The second-order valence-corrected chi connectivity index (χ2v) is 6.02. The van der Waals surface area contributed by atoms with Crippen LogP contribution in [0.2, 0.25) is 0 Å². The van der Waals surface area contributed by atoms with Gasteiger partial charge in [0.25, 0.3) is 0 Å². The first kappa shape index (κ1) is 12.2. The van der Waals surface area contributed by atoms with Crippen molar-refractivity contribution < 1.29 is 10.0 Å². The van der Waals surface area contributed by atoms with E-state index in [1.807, 2.05) is 0 Å². The van der Waals surface area contributed by atoms with Gasteiger partial charge in [-0.1, -0.05) is 25.4 Å². The van der Waals surface area contributed by atoms with Crippen LogP contribution in [0.4, 0.5) is 0 Å². The lowest BCUT2D eigenvalue weighted by Gasteiger charge is -2.38. The number of carbonyl (C=O) groups excluding carboxylic acids is 1. The topological polar surface area (TPSA) is 87.7 Å². The number of nitrogens with two attached hydrogens (primary N) is 1. The highest BCUT2D eigenvalue weighted by Gasteiger charge is 2.50. The summed E-state index contributed by atoms with van der Waals surface area (Å²) in [5, 5.41) is 14.7. The average molecular weight is 239 g/mol. The number of amidine groups is 1. The van der Waals surface area contributed by atoms with Crippen molar-refractivity contribution in [1.29, 1.82) is 0 Å². The Hall–Kier alpha value is -1.26. The minimum atomic E-state index is -0.742. The van der Waals surface area contributed by atoms with Crippen LogP contribution in [0.15, 0.2) is 5.16 Å². The molecule has 0 heterocycles. The van der Waals surface area contributed by atoms with Crippen molar-refractivity contribution in [2.24, 2.45) is 27.6 Å². The number of amides is 1. The van der Waals surface area contributed by atoms with Gasteiger partial charge in [0.1, 0.15) is 5.41 Å². The Morgan fingerprint density at radius 3 is 2.47 bits per heavy atom. The number of oxime groups is 1. The van der Waals surface area contributed by atoms with E-state index in [2.05, 4.69) is 24.3 Å². The summed E-state index contributed by atoms with van der Waals surface area (Å²) in [6, 6.07) is 0. The van der Waals surface area contributed by atoms with E-state index in [1.165, 1.54) is 0 Å². The highest BCUT2D eigenvalue weighted by molar-refractivity contribution is 6.07. The zero-order valence-electron chi connectivity index (χ0n) is 10.5. The molecular weight excluding hydrogens is 218 g/mol. The molecule has 0 aromatic carbocycles. The Morgan fingerprint density at radius 2 is 2.12 bits per heavy atom. The molecule has 2 aliphatic rings. The van der Waals surface area contributed by atoms with E-state index in [4.69, 9.17) is 10.9 Å². The quantitative estimate of drug-likeness (QED) is 0.297. The Kier molecular flexibility index (Phi) is 2.79. The van der Waals surface area contributed by atoms with Crippen molar-refractivity contribution in [1.82, 2.24) is 5.32 Å². The molecule has 5 nitrogen and oxygen atoms in total. The fourth-order valence-corrected chi connectivity index (χ4v) is 2.54. The molecule has 0 saturated heterocycles. The van der Waals surface area contributed by atoms with Crippen LogP contribution in [0.3, 0.4) is 0 Å². The van der Waals surface area contributed by atoms with Crippen LogP contribution < -0.4 is 11.1 Å². The lowest BCUT2D eigenvalue weighted by molar-refractivity contribution is -0.131. The van der Waals surface area contributed by atoms with Crippen molar-refractivity contribution in [2.45, 2.75) is 39.5 Å². The maximum atomic E-state index is 12.1. The van der Waals surface area contributed by atoms with E-state index in [1.54, 1.807) is 0 Å². The SMILES string of the molecule is CC1(C)CC1CNC(=O)C1(C(N)=NO)CCC1. The lowest BCUT2D eigenvalue weighted by atomic mass is 9.67. The third kappa shape index (κ3) is 1.98. The molecule has 1 unspecified atom stereocenters. The molecular formula is C12H21N3O2. The van der Waals surface area contributed by atoms with Crippen LogP contribution in [0.5, 0.6) is 0 Å². The van der Waals surface area contributed by atoms with Gasteiger partial charge in [0.05, 0.1) is 0 Å². The summed E-state index contributed by atoms with van der Waals surface area (Å²) >= 11 is 0. The first-order valence-corrected chi connectivity index (χ1v) is 6.19. The Bertz CT molecular complexity index is 359. The maximum absolute atomic E-state index is 12.1. The molecule has 96 valence electrons. The van der Waals surface area contributed by atoms with Crippen molar-refractivity contribution in [2.75, 3.05) is 6.54 Å². The van der Waals surface area contributed by atoms with Gasteiger partial charge in [0.15, 0.2) is 5.84 Å². The number of nitrogens with zero attached hydrogens (tertiary/aromatic N) is 1. The van der Waals surface area contributed by atoms with Gasteiger partial charge >= 0.3 is 0 Å². The van der Waals surface area contributed by atoms with Gasteiger partial charge in [-0.3, -0.25) is 4.79 Å². The molecule has 2 saturated carbocycles. The maximum Gasteiger partial charge on any atom is 0.233 e. The van der Waals surface area contributed by atoms with Gasteiger partial charge < -0.3 is 16.3 Å². The number of hydrogen-bond donors (Lipinski definition) is 3. The third-order valence-corrected chi connectivity index (χ3v) is 4.47. The van der Waals surface area contributed by atoms with Crippen molar-refractivity contribution in [3.05, 3.63) is 0 Å². The smallest absolute Gasteiger partial charge is 0.233 e. The van der Waals surface area contributed by atoms with Crippen LogP contribution in [0.1, 0.15) is 39.5 Å². The van der Waals surface area contributed by atoms with E-state index < -0.39 is 5.41 Å². The predicted molar refractivity (Wildman–Crippen MR) is 64.6 cm³/mol. The fourth-order valence-electron chi connectivity index (χ4n) is 2.54. The van der Waals surface area contributed by atoms with Crippen LogP contribution in [-0.2, 0) is 4.79 Å². The molecule has 2 fully saturated rings. The third-order valence-electron chi connectivity index (χ3n) is 4.47. The second kappa shape index (κ2) is 3.89. The Morgan fingerprint density at radius 1 is 1.53 bits per heavy atom. The van der Waals surface area contributed by atoms with Gasteiger partial charge in [-0.05, 0) is 30.6 Å². The van der Waals surface area contributed by atoms with Crippen LogP contribution in [0, 0.1) is 16.7 Å². The first-order valence-electron chi connectivity index (χ1n) is 6.19. The Labute approximate surface area is 101 Å². The normalized spacial score (nSPS) is 29.3. The molecule has 0 aromatic rings. The molecule has 0 radical (unpaired) electrons. The van der Waals surface area contributed by atoms with E-state index in [9.17, 15) is 4.79 Å². The molecule has 0 bridgehead atoms. The molecule has 0 aliphatic heterocycles. The number of rotatable bonds is 4. The van der Waals surface area contributed by atoms with Crippen LogP contribution in [-0.4, -0.2) is 23.5 Å². The van der Waals surface area contributed by atoms with Crippen LogP contribution in [0.25, 0.3) is 0 Å². The van der Waals surface area contributed by atoms with E-state index in [-0.39, 0.29) is 11.7 Å². The minimum absolute atomic E-state index is 0.0521. The summed E-state index contributed by atoms with van der Waals surface area (Å²) in [5.41, 5.74) is 5.24. The summed E-state index contributed by atoms with van der Waals surface area (Å²) in [6.07, 6.45) is 3.48. The summed E-state index contributed by atoms with van der Waals surface area (Å²) in [7, 11) is 0. The molecule has 1 atom stereocenters. The van der Waals surface area contributed by atoms with Gasteiger partial charge in [0.2, 0.25) is 5.91 Å². The Balaban J connectivity index is 1.91. The number of hydrogen-bond acceptors (Lipinski definition) is 3. The molecule has 2 aliphatic carbocycles. The highest BCUT2D eigenvalue weighted by Crippen LogP contribution is 2.51. The number of nitrogens with one attached hydrogen (secondary N) is 1. The monoisotopic (exact) mass is 239 g/mol.